The number of aromatic nitrogens is 3. The summed E-state index contributed by atoms with van der Waals surface area (Å²) in [6.45, 7) is 0.788. The van der Waals surface area contributed by atoms with Crippen molar-refractivity contribution in [1.29, 1.82) is 0 Å². The quantitative estimate of drug-likeness (QED) is 0.736. The molecule has 1 aromatic carbocycles. The molecule has 22 heavy (non-hydrogen) atoms. The Kier molecular flexibility index (Phi) is 3.27. The minimum Gasteiger partial charge on any atom is -0.399 e. The monoisotopic (exact) mass is 294 g/mol. The van der Waals surface area contributed by atoms with Crippen LogP contribution in [0.2, 0.25) is 0 Å². The third kappa shape index (κ3) is 2.23. The molecule has 0 bridgehead atoms. The van der Waals surface area contributed by atoms with Crippen molar-refractivity contribution in [1.82, 2.24) is 14.8 Å². The van der Waals surface area contributed by atoms with Crippen LogP contribution in [0.5, 0.6) is 0 Å². The molecule has 1 fully saturated rings. The summed E-state index contributed by atoms with van der Waals surface area (Å²) in [7, 11) is 0. The van der Waals surface area contributed by atoms with Gasteiger partial charge in [0.15, 0.2) is 6.23 Å². The van der Waals surface area contributed by atoms with Crippen LogP contribution in [0, 0.1) is 0 Å². The van der Waals surface area contributed by atoms with E-state index in [0.29, 0.717) is 0 Å². The number of nitrogens with zero attached hydrogens (tertiary/aromatic N) is 3. The van der Waals surface area contributed by atoms with Gasteiger partial charge in [-0.05, 0) is 49.6 Å². The largest absolute Gasteiger partial charge is 0.399 e. The molecular weight excluding hydrogens is 276 g/mol. The van der Waals surface area contributed by atoms with Crippen LogP contribution in [0.15, 0.2) is 42.7 Å². The Bertz CT molecular complexity index is 791. The Labute approximate surface area is 128 Å². The standard InChI is InChI=1S/C17H18N4O/c18-13-6-7-14-15(10-13)21(16-5-1-2-9-22-16)20-17(14)12-4-3-8-19-11-12/h3-4,6-8,10-11,16H,1-2,5,9,18H2. The molecule has 0 spiro atoms. The third-order valence-electron chi connectivity index (χ3n) is 4.09. The number of rotatable bonds is 2. The van der Waals surface area contributed by atoms with Gasteiger partial charge in [0.1, 0.15) is 5.69 Å². The van der Waals surface area contributed by atoms with Gasteiger partial charge in [-0.3, -0.25) is 4.98 Å². The lowest BCUT2D eigenvalue weighted by Crippen LogP contribution is -2.19. The lowest BCUT2D eigenvalue weighted by molar-refractivity contribution is -0.0365. The zero-order valence-electron chi connectivity index (χ0n) is 12.3. The van der Waals surface area contributed by atoms with Crippen molar-refractivity contribution in [2.24, 2.45) is 0 Å². The van der Waals surface area contributed by atoms with Crippen LogP contribution < -0.4 is 5.73 Å². The summed E-state index contributed by atoms with van der Waals surface area (Å²) in [4.78, 5) is 4.20. The fourth-order valence-electron chi connectivity index (χ4n) is 3.01. The minimum absolute atomic E-state index is 0.0107. The van der Waals surface area contributed by atoms with Crippen molar-refractivity contribution in [3.63, 3.8) is 0 Å². The van der Waals surface area contributed by atoms with Crippen LogP contribution in [-0.4, -0.2) is 21.4 Å². The number of anilines is 1. The number of hydrogen-bond donors (Lipinski definition) is 1. The van der Waals surface area contributed by atoms with Crippen LogP contribution >= 0.6 is 0 Å². The summed E-state index contributed by atoms with van der Waals surface area (Å²) in [5, 5.41) is 5.90. The summed E-state index contributed by atoms with van der Waals surface area (Å²) in [5.41, 5.74) is 9.67. The summed E-state index contributed by atoms with van der Waals surface area (Å²) in [5.74, 6) is 0. The second-order valence-corrected chi connectivity index (χ2v) is 5.63. The molecule has 0 radical (unpaired) electrons. The first-order valence-electron chi connectivity index (χ1n) is 7.63. The van der Waals surface area contributed by atoms with Crippen LogP contribution in [0.25, 0.3) is 22.2 Å². The number of fused-ring (bicyclic) bond motifs is 1. The van der Waals surface area contributed by atoms with Crippen molar-refractivity contribution in [3.05, 3.63) is 42.7 Å². The van der Waals surface area contributed by atoms with Gasteiger partial charge in [-0.2, -0.15) is 5.10 Å². The van der Waals surface area contributed by atoms with Crippen LogP contribution in [0.3, 0.4) is 0 Å². The highest BCUT2D eigenvalue weighted by Gasteiger charge is 2.21. The highest BCUT2D eigenvalue weighted by molar-refractivity contribution is 5.94. The molecule has 4 rings (SSSR count). The first-order valence-corrected chi connectivity index (χ1v) is 7.63. The van der Waals surface area contributed by atoms with Gasteiger partial charge in [-0.25, -0.2) is 4.68 Å². The second-order valence-electron chi connectivity index (χ2n) is 5.63. The molecule has 112 valence electrons. The Hall–Kier alpha value is -2.40. The van der Waals surface area contributed by atoms with Gasteiger partial charge >= 0.3 is 0 Å². The number of nitrogen functional groups attached to an aromatic ring is 1. The minimum atomic E-state index is -0.0107. The van der Waals surface area contributed by atoms with Gasteiger partial charge in [-0.1, -0.05) is 0 Å². The van der Waals surface area contributed by atoms with Gasteiger partial charge in [0, 0.05) is 35.6 Å². The molecule has 0 aliphatic carbocycles. The lowest BCUT2D eigenvalue weighted by atomic mass is 10.1. The molecule has 2 aromatic heterocycles. The maximum atomic E-state index is 5.98. The zero-order valence-corrected chi connectivity index (χ0v) is 12.3. The highest BCUT2D eigenvalue weighted by atomic mass is 16.5. The van der Waals surface area contributed by atoms with Crippen molar-refractivity contribution in [2.45, 2.75) is 25.5 Å². The average Bonchev–Trinajstić information content (AvgIpc) is 2.95. The van der Waals surface area contributed by atoms with Crippen molar-refractivity contribution in [2.75, 3.05) is 12.3 Å². The maximum Gasteiger partial charge on any atom is 0.150 e. The number of hydrogen-bond acceptors (Lipinski definition) is 4. The molecule has 1 saturated heterocycles. The lowest BCUT2D eigenvalue weighted by Gasteiger charge is -2.23. The number of nitrogens with two attached hydrogens (primary N) is 1. The molecular formula is C17H18N4O. The third-order valence-corrected chi connectivity index (χ3v) is 4.09. The molecule has 1 aliphatic heterocycles. The van der Waals surface area contributed by atoms with E-state index in [4.69, 9.17) is 15.6 Å². The predicted octanol–water partition coefficient (Wildman–Crippen LogP) is 3.38. The molecule has 0 amide bonds. The number of pyridine rings is 1. The SMILES string of the molecule is Nc1ccc2c(-c3cccnc3)nn(C3CCCCO3)c2c1. The molecule has 1 aliphatic rings. The molecule has 2 N–H and O–H groups in total. The first-order chi connectivity index (χ1) is 10.8. The van der Waals surface area contributed by atoms with Gasteiger partial charge in [-0.15, -0.1) is 0 Å². The van der Waals surface area contributed by atoms with Crippen LogP contribution in [0.1, 0.15) is 25.5 Å². The summed E-state index contributed by atoms with van der Waals surface area (Å²) in [6.07, 6.45) is 6.86. The van der Waals surface area contributed by atoms with E-state index < -0.39 is 0 Å². The molecule has 3 aromatic rings. The molecule has 0 saturated carbocycles. The molecule has 3 heterocycles. The van der Waals surface area contributed by atoms with E-state index in [2.05, 4.69) is 4.98 Å². The zero-order chi connectivity index (χ0) is 14.9. The van der Waals surface area contributed by atoms with Crippen molar-refractivity contribution in [3.8, 4) is 11.3 Å². The second kappa shape index (κ2) is 5.42. The Morgan fingerprint density at radius 1 is 1.23 bits per heavy atom. The van der Waals surface area contributed by atoms with E-state index in [1.54, 1.807) is 6.20 Å². The van der Waals surface area contributed by atoms with E-state index in [0.717, 1.165) is 53.7 Å². The van der Waals surface area contributed by atoms with E-state index in [1.165, 1.54) is 0 Å². The summed E-state index contributed by atoms with van der Waals surface area (Å²) in [6, 6.07) is 9.86. The van der Waals surface area contributed by atoms with E-state index >= 15 is 0 Å². The topological polar surface area (TPSA) is 66.0 Å². The first kappa shape index (κ1) is 13.3. The Morgan fingerprint density at radius 2 is 2.18 bits per heavy atom. The molecule has 5 heteroatoms. The highest BCUT2D eigenvalue weighted by Crippen LogP contribution is 2.33. The van der Waals surface area contributed by atoms with Crippen LogP contribution in [-0.2, 0) is 4.74 Å². The maximum absolute atomic E-state index is 5.98. The number of benzene rings is 1. The fraction of sp³-hybridized carbons (Fsp3) is 0.294. The van der Waals surface area contributed by atoms with E-state index in [1.807, 2.05) is 41.2 Å². The average molecular weight is 294 g/mol. The molecule has 1 atom stereocenters. The fourth-order valence-corrected chi connectivity index (χ4v) is 3.01. The van der Waals surface area contributed by atoms with Crippen molar-refractivity contribution >= 4 is 16.6 Å². The van der Waals surface area contributed by atoms with Crippen molar-refractivity contribution < 1.29 is 4.74 Å². The van der Waals surface area contributed by atoms with Gasteiger partial charge in [0.05, 0.1) is 5.52 Å². The Balaban J connectivity index is 1.91. The normalized spacial score (nSPS) is 18.6. The Morgan fingerprint density at radius 3 is 2.95 bits per heavy atom. The molecule has 5 nitrogen and oxygen atoms in total. The number of ether oxygens (including phenoxy) is 1. The smallest absolute Gasteiger partial charge is 0.150 e. The molecule has 1 unspecified atom stereocenters. The van der Waals surface area contributed by atoms with Gasteiger partial charge in [0.25, 0.3) is 0 Å². The van der Waals surface area contributed by atoms with E-state index in [-0.39, 0.29) is 6.23 Å². The summed E-state index contributed by atoms with van der Waals surface area (Å²) >= 11 is 0. The van der Waals surface area contributed by atoms with Gasteiger partial charge in [0.2, 0.25) is 0 Å². The predicted molar refractivity (Wildman–Crippen MR) is 86.2 cm³/mol. The van der Waals surface area contributed by atoms with Crippen LogP contribution in [0.4, 0.5) is 5.69 Å². The summed E-state index contributed by atoms with van der Waals surface area (Å²) < 4.78 is 7.88. The van der Waals surface area contributed by atoms with Gasteiger partial charge < -0.3 is 10.5 Å². The van der Waals surface area contributed by atoms with E-state index in [9.17, 15) is 0 Å².